The molecule has 2 heterocycles. The van der Waals surface area contributed by atoms with Crippen LogP contribution in [-0.4, -0.2) is 41.1 Å². The summed E-state index contributed by atoms with van der Waals surface area (Å²) in [5.74, 6) is 0.902. The molecule has 0 saturated heterocycles. The first-order chi connectivity index (χ1) is 20.6. The van der Waals surface area contributed by atoms with E-state index < -0.39 is 0 Å². The number of fused-ring (bicyclic) bond motifs is 2. The maximum Gasteiger partial charge on any atom is 0.310 e. The van der Waals surface area contributed by atoms with Gasteiger partial charge in [0.25, 0.3) is 0 Å². The Morgan fingerprint density at radius 3 is 2.71 bits per heavy atom. The Labute approximate surface area is 245 Å². The van der Waals surface area contributed by atoms with Crippen LogP contribution in [-0.2, 0) is 33.7 Å². The number of methoxy groups -OCH3 is 1. The molecule has 42 heavy (non-hydrogen) atoms. The Balaban J connectivity index is 1.36. The summed E-state index contributed by atoms with van der Waals surface area (Å²) in [6.45, 7) is 3.03. The van der Waals surface area contributed by atoms with E-state index in [2.05, 4.69) is 33.9 Å². The molecule has 0 atom stereocenters. The molecule has 0 radical (unpaired) electrons. The maximum atomic E-state index is 12.4. The van der Waals surface area contributed by atoms with Gasteiger partial charge < -0.3 is 19.9 Å². The van der Waals surface area contributed by atoms with Crippen molar-refractivity contribution in [2.75, 3.05) is 26.1 Å². The lowest BCUT2D eigenvalue weighted by Crippen LogP contribution is -2.18. The Bertz CT molecular complexity index is 1740. The average molecular weight is 565 g/mol. The number of nitrogens with zero attached hydrogens (tertiary/aromatic N) is 3. The van der Waals surface area contributed by atoms with Crippen LogP contribution >= 0.6 is 0 Å². The number of esters is 1. The zero-order valence-electron chi connectivity index (χ0n) is 24.1. The standard InChI is InChI=1S/C34H36N4O4/c1-3-41-33(39)20-24-18-22(15-17-40-2)10-13-32(24)42-21-30-29-19-23(11-12-31(29)38(37-30)25-6-4-7-25)26-8-5-9-28-27(26)14-16-36-34(28)35/h5,8-14,16,18-19,25H,3-4,6-7,15,17,20-21H2,1-2H3,(H2,35,36). The third kappa shape index (κ3) is 5.54. The lowest BCUT2D eigenvalue weighted by molar-refractivity contribution is -0.142. The number of carbonyl (C=O) groups excluding carboxylic acids is 1. The van der Waals surface area contributed by atoms with E-state index in [0.717, 1.165) is 68.9 Å². The Kier molecular flexibility index (Phi) is 8.06. The molecular weight excluding hydrogens is 528 g/mol. The van der Waals surface area contributed by atoms with Crippen molar-refractivity contribution in [3.63, 3.8) is 0 Å². The van der Waals surface area contributed by atoms with Gasteiger partial charge in [0.15, 0.2) is 0 Å². The van der Waals surface area contributed by atoms with Gasteiger partial charge in [0.05, 0.1) is 31.2 Å². The molecule has 3 aromatic carbocycles. The number of anilines is 1. The number of pyridine rings is 1. The number of aromatic nitrogens is 3. The fraction of sp³-hybridized carbons (Fsp3) is 0.324. The van der Waals surface area contributed by atoms with Gasteiger partial charge in [0.2, 0.25) is 0 Å². The second-order valence-corrected chi connectivity index (χ2v) is 10.8. The summed E-state index contributed by atoms with van der Waals surface area (Å²) in [7, 11) is 1.68. The lowest BCUT2D eigenvalue weighted by atomic mass is 9.93. The highest BCUT2D eigenvalue weighted by Gasteiger charge is 2.24. The molecule has 6 rings (SSSR count). The highest BCUT2D eigenvalue weighted by Crippen LogP contribution is 2.38. The van der Waals surface area contributed by atoms with Crippen LogP contribution in [0.2, 0.25) is 0 Å². The minimum Gasteiger partial charge on any atom is -0.487 e. The number of nitrogen functional groups attached to an aromatic ring is 1. The van der Waals surface area contributed by atoms with Crippen LogP contribution in [0.25, 0.3) is 32.8 Å². The molecule has 2 aromatic heterocycles. The van der Waals surface area contributed by atoms with Crippen molar-refractivity contribution in [2.24, 2.45) is 0 Å². The van der Waals surface area contributed by atoms with Crippen molar-refractivity contribution in [1.82, 2.24) is 14.8 Å². The molecule has 8 heteroatoms. The summed E-state index contributed by atoms with van der Waals surface area (Å²) in [4.78, 5) is 16.7. The van der Waals surface area contributed by atoms with E-state index >= 15 is 0 Å². The summed E-state index contributed by atoms with van der Waals surface area (Å²) >= 11 is 0. The molecule has 0 amide bonds. The number of benzene rings is 3. The molecule has 0 spiro atoms. The van der Waals surface area contributed by atoms with Gasteiger partial charge in [-0.05, 0) is 78.9 Å². The molecule has 8 nitrogen and oxygen atoms in total. The second kappa shape index (κ2) is 12.2. The highest BCUT2D eigenvalue weighted by molar-refractivity contribution is 6.02. The monoisotopic (exact) mass is 564 g/mol. The van der Waals surface area contributed by atoms with Gasteiger partial charge in [0.1, 0.15) is 23.9 Å². The van der Waals surface area contributed by atoms with Crippen molar-refractivity contribution >= 4 is 33.5 Å². The highest BCUT2D eigenvalue weighted by atomic mass is 16.5. The Hall–Kier alpha value is -4.43. The van der Waals surface area contributed by atoms with Crippen LogP contribution < -0.4 is 10.5 Å². The zero-order valence-corrected chi connectivity index (χ0v) is 24.1. The summed E-state index contributed by atoms with van der Waals surface area (Å²) in [6, 6.07) is 21.0. The summed E-state index contributed by atoms with van der Waals surface area (Å²) in [5, 5.41) is 8.12. The summed E-state index contributed by atoms with van der Waals surface area (Å²) in [6.07, 6.45) is 6.12. The second-order valence-electron chi connectivity index (χ2n) is 10.8. The Morgan fingerprint density at radius 1 is 1.05 bits per heavy atom. The van der Waals surface area contributed by atoms with Crippen molar-refractivity contribution in [2.45, 2.75) is 51.7 Å². The Morgan fingerprint density at radius 2 is 1.93 bits per heavy atom. The average Bonchev–Trinajstić information content (AvgIpc) is 3.32. The fourth-order valence-corrected chi connectivity index (χ4v) is 5.67. The molecule has 0 aliphatic heterocycles. The van der Waals surface area contributed by atoms with Gasteiger partial charge >= 0.3 is 5.97 Å². The largest absolute Gasteiger partial charge is 0.487 e. The van der Waals surface area contributed by atoms with E-state index in [1.165, 1.54) is 6.42 Å². The van der Waals surface area contributed by atoms with E-state index in [9.17, 15) is 4.79 Å². The number of carbonyl (C=O) groups is 1. The van der Waals surface area contributed by atoms with Gasteiger partial charge in [-0.3, -0.25) is 9.48 Å². The molecule has 1 aliphatic rings. The molecular formula is C34H36N4O4. The van der Waals surface area contributed by atoms with E-state index in [-0.39, 0.29) is 19.0 Å². The smallest absolute Gasteiger partial charge is 0.310 e. The van der Waals surface area contributed by atoms with Crippen molar-refractivity contribution in [1.29, 1.82) is 0 Å². The third-order valence-electron chi connectivity index (χ3n) is 8.08. The summed E-state index contributed by atoms with van der Waals surface area (Å²) in [5.41, 5.74) is 12.2. The lowest BCUT2D eigenvalue weighted by Gasteiger charge is -2.26. The molecule has 0 bridgehead atoms. The van der Waals surface area contributed by atoms with Gasteiger partial charge in [-0.25, -0.2) is 4.98 Å². The van der Waals surface area contributed by atoms with Crippen LogP contribution in [0, 0.1) is 0 Å². The minimum atomic E-state index is -0.276. The van der Waals surface area contributed by atoms with Crippen LogP contribution in [0.5, 0.6) is 5.75 Å². The topological polar surface area (TPSA) is 101 Å². The first kappa shape index (κ1) is 27.7. The molecule has 2 N–H and O–H groups in total. The van der Waals surface area contributed by atoms with E-state index in [1.807, 2.05) is 43.3 Å². The van der Waals surface area contributed by atoms with Gasteiger partial charge in [-0.2, -0.15) is 5.10 Å². The van der Waals surface area contributed by atoms with Crippen LogP contribution in [0.15, 0.2) is 66.9 Å². The molecule has 5 aromatic rings. The molecule has 1 saturated carbocycles. The number of ether oxygens (including phenoxy) is 3. The number of hydrogen-bond donors (Lipinski definition) is 1. The number of hydrogen-bond acceptors (Lipinski definition) is 7. The van der Waals surface area contributed by atoms with Crippen molar-refractivity contribution in [3.8, 4) is 16.9 Å². The number of nitrogens with two attached hydrogens (primary N) is 1. The normalized spacial score (nSPS) is 13.4. The van der Waals surface area contributed by atoms with Crippen LogP contribution in [0.1, 0.15) is 49.0 Å². The molecule has 1 fully saturated rings. The molecule has 0 unspecified atom stereocenters. The van der Waals surface area contributed by atoms with Crippen LogP contribution in [0.3, 0.4) is 0 Å². The quantitative estimate of drug-likeness (QED) is 0.184. The minimum absolute atomic E-state index is 0.143. The van der Waals surface area contributed by atoms with Crippen molar-refractivity contribution in [3.05, 3.63) is 83.7 Å². The predicted octanol–water partition coefficient (Wildman–Crippen LogP) is 6.43. The zero-order chi connectivity index (χ0) is 29.1. The maximum absolute atomic E-state index is 12.4. The summed E-state index contributed by atoms with van der Waals surface area (Å²) < 4.78 is 19.1. The predicted molar refractivity (Wildman–Crippen MR) is 164 cm³/mol. The van der Waals surface area contributed by atoms with Gasteiger partial charge in [0, 0.05) is 29.6 Å². The first-order valence-corrected chi connectivity index (χ1v) is 14.6. The fourth-order valence-electron chi connectivity index (χ4n) is 5.67. The van der Waals surface area contributed by atoms with E-state index in [0.29, 0.717) is 30.8 Å². The van der Waals surface area contributed by atoms with Crippen LogP contribution in [0.4, 0.5) is 5.82 Å². The van der Waals surface area contributed by atoms with Gasteiger partial charge in [-0.15, -0.1) is 0 Å². The van der Waals surface area contributed by atoms with E-state index in [4.69, 9.17) is 25.0 Å². The van der Waals surface area contributed by atoms with E-state index in [1.54, 1.807) is 13.3 Å². The number of rotatable bonds is 11. The first-order valence-electron chi connectivity index (χ1n) is 14.6. The van der Waals surface area contributed by atoms with Crippen molar-refractivity contribution < 1.29 is 19.0 Å². The SMILES string of the molecule is CCOC(=O)Cc1cc(CCOC)ccc1OCc1nn(C2CCC2)c2ccc(-c3cccc4c(N)nccc34)cc12. The third-order valence-corrected chi connectivity index (χ3v) is 8.08. The van der Waals surface area contributed by atoms with Gasteiger partial charge in [-0.1, -0.05) is 36.4 Å². The molecule has 1 aliphatic carbocycles. The molecule has 216 valence electrons.